The van der Waals surface area contributed by atoms with Crippen LogP contribution in [0, 0.1) is 6.92 Å². The molecule has 0 unspecified atom stereocenters. The molecule has 4 aromatic rings. The summed E-state index contributed by atoms with van der Waals surface area (Å²) in [5.41, 5.74) is 3.02. The van der Waals surface area contributed by atoms with Gasteiger partial charge in [0.2, 0.25) is 5.91 Å². The minimum atomic E-state index is -4.07. The zero-order valence-corrected chi connectivity index (χ0v) is 25.9. The number of nitrogens with one attached hydrogen (secondary N) is 2. The summed E-state index contributed by atoms with van der Waals surface area (Å²) in [6.07, 6.45) is 0. The molecule has 1 amide bonds. The van der Waals surface area contributed by atoms with Crippen LogP contribution in [0.4, 0.5) is 17.1 Å². The fraction of sp³-hybridized carbons (Fsp3) is 0.167. The number of carbonyl (C=O) groups excluding carboxylic acids is 1. The van der Waals surface area contributed by atoms with E-state index in [1.165, 1.54) is 36.4 Å². The van der Waals surface area contributed by atoms with E-state index in [0.29, 0.717) is 17.1 Å². The first-order valence-corrected chi connectivity index (χ1v) is 16.4. The molecule has 4 aromatic carbocycles. The first-order valence-electron chi connectivity index (χ1n) is 12.7. The van der Waals surface area contributed by atoms with Gasteiger partial charge < -0.3 is 5.32 Å². The SMILES string of the molecule is Cc1ccc(S(=O)(=O)N(CC(=O)Nc2ccc(S(=O)(=O)Nc3ccc(Br)cc3)cc2)c2ccc(C(C)C)cc2)cc1. The second-order valence-electron chi connectivity index (χ2n) is 9.76. The molecule has 0 radical (unpaired) electrons. The maximum atomic E-state index is 13.6. The summed E-state index contributed by atoms with van der Waals surface area (Å²) in [7, 11) is -7.92. The Labute approximate surface area is 249 Å². The molecule has 214 valence electrons. The first kappa shape index (κ1) is 30.3. The molecule has 0 spiro atoms. The molecule has 0 aromatic heterocycles. The topological polar surface area (TPSA) is 113 Å². The van der Waals surface area contributed by atoms with E-state index in [4.69, 9.17) is 0 Å². The third-order valence-electron chi connectivity index (χ3n) is 6.29. The van der Waals surface area contributed by atoms with Crippen molar-refractivity contribution in [1.29, 1.82) is 0 Å². The Balaban J connectivity index is 1.54. The van der Waals surface area contributed by atoms with E-state index in [0.717, 1.165) is 19.9 Å². The number of carbonyl (C=O) groups is 1. The van der Waals surface area contributed by atoms with Crippen LogP contribution < -0.4 is 14.3 Å². The van der Waals surface area contributed by atoms with Gasteiger partial charge in [0, 0.05) is 15.8 Å². The summed E-state index contributed by atoms with van der Waals surface area (Å²) in [5, 5.41) is 2.67. The number of halogens is 1. The standard InChI is InChI=1S/C30H30BrN3O5S2/c1-21(2)23-6-14-27(15-7-23)34(41(38,39)29-16-4-22(3)5-17-29)20-30(35)32-25-12-18-28(19-13-25)40(36,37)33-26-10-8-24(31)9-11-26/h4-19,21,33H,20H2,1-3H3,(H,32,35). The van der Waals surface area contributed by atoms with Crippen molar-refractivity contribution in [1.82, 2.24) is 0 Å². The molecule has 2 N–H and O–H groups in total. The predicted octanol–water partition coefficient (Wildman–Crippen LogP) is 6.52. The van der Waals surface area contributed by atoms with E-state index in [1.54, 1.807) is 48.5 Å². The van der Waals surface area contributed by atoms with Crippen LogP contribution in [-0.2, 0) is 24.8 Å². The second kappa shape index (κ2) is 12.5. The van der Waals surface area contributed by atoms with Crippen LogP contribution in [0.25, 0.3) is 0 Å². The summed E-state index contributed by atoms with van der Waals surface area (Å²) in [5.74, 6) is -0.330. The third kappa shape index (κ3) is 7.55. The molecule has 0 aliphatic heterocycles. The number of rotatable bonds is 10. The molecular formula is C30H30BrN3O5S2. The monoisotopic (exact) mass is 655 g/mol. The molecule has 11 heteroatoms. The fourth-order valence-corrected chi connectivity index (χ4v) is 6.70. The second-order valence-corrected chi connectivity index (χ2v) is 14.2. The Morgan fingerprint density at radius 1 is 0.756 bits per heavy atom. The van der Waals surface area contributed by atoms with Gasteiger partial charge in [-0.25, -0.2) is 16.8 Å². The normalized spacial score (nSPS) is 11.7. The van der Waals surface area contributed by atoms with Gasteiger partial charge in [0.1, 0.15) is 6.54 Å². The minimum absolute atomic E-state index is 0.00670. The fourth-order valence-electron chi connectivity index (χ4n) is 3.96. The van der Waals surface area contributed by atoms with E-state index in [9.17, 15) is 21.6 Å². The molecule has 0 aliphatic carbocycles. The number of amides is 1. The molecule has 0 fully saturated rings. The Morgan fingerprint density at radius 3 is 1.85 bits per heavy atom. The lowest BCUT2D eigenvalue weighted by atomic mass is 10.0. The van der Waals surface area contributed by atoms with Gasteiger partial charge in [-0.15, -0.1) is 0 Å². The number of sulfonamides is 2. The smallest absolute Gasteiger partial charge is 0.264 e. The van der Waals surface area contributed by atoms with Crippen LogP contribution in [-0.4, -0.2) is 29.3 Å². The highest BCUT2D eigenvalue weighted by molar-refractivity contribution is 9.10. The summed E-state index contributed by atoms with van der Waals surface area (Å²) in [4.78, 5) is 13.2. The molecule has 0 saturated carbocycles. The van der Waals surface area contributed by atoms with Crippen LogP contribution in [0.3, 0.4) is 0 Å². The molecule has 4 rings (SSSR count). The van der Waals surface area contributed by atoms with Crippen molar-refractivity contribution in [3.63, 3.8) is 0 Å². The first-order chi connectivity index (χ1) is 19.3. The van der Waals surface area contributed by atoms with Gasteiger partial charge in [0.15, 0.2) is 0 Å². The van der Waals surface area contributed by atoms with Gasteiger partial charge in [-0.1, -0.05) is 59.6 Å². The van der Waals surface area contributed by atoms with E-state index in [2.05, 4.69) is 26.0 Å². The van der Waals surface area contributed by atoms with E-state index < -0.39 is 32.5 Å². The molecule has 0 bridgehead atoms. The van der Waals surface area contributed by atoms with Gasteiger partial charge in [-0.05, 0) is 91.2 Å². The third-order valence-corrected chi connectivity index (χ3v) is 10.0. The van der Waals surface area contributed by atoms with E-state index >= 15 is 0 Å². The van der Waals surface area contributed by atoms with Gasteiger partial charge in [-0.2, -0.15) is 0 Å². The van der Waals surface area contributed by atoms with Crippen molar-refractivity contribution in [2.75, 3.05) is 20.9 Å². The van der Waals surface area contributed by atoms with Crippen LogP contribution in [0.2, 0.25) is 0 Å². The molecule has 0 atom stereocenters. The number of aryl methyl sites for hydroxylation is 1. The van der Waals surface area contributed by atoms with Crippen molar-refractivity contribution >= 4 is 58.9 Å². The van der Waals surface area contributed by atoms with Gasteiger partial charge >= 0.3 is 0 Å². The Morgan fingerprint density at radius 2 is 1.29 bits per heavy atom. The lowest BCUT2D eigenvalue weighted by Crippen LogP contribution is -2.38. The highest BCUT2D eigenvalue weighted by atomic mass is 79.9. The molecular weight excluding hydrogens is 626 g/mol. The van der Waals surface area contributed by atoms with Gasteiger partial charge in [0.05, 0.1) is 15.5 Å². The number of nitrogens with zero attached hydrogens (tertiary/aromatic N) is 1. The molecule has 0 heterocycles. The van der Waals surface area contributed by atoms with Crippen molar-refractivity contribution in [3.8, 4) is 0 Å². The number of hydrogen-bond donors (Lipinski definition) is 2. The van der Waals surface area contributed by atoms with Gasteiger partial charge in [0.25, 0.3) is 20.0 Å². The summed E-state index contributed by atoms with van der Waals surface area (Å²) in [6, 6.07) is 25.8. The van der Waals surface area contributed by atoms with Crippen molar-refractivity contribution in [2.45, 2.75) is 36.5 Å². The Kier molecular flexibility index (Phi) is 9.21. The number of anilines is 3. The van der Waals surface area contributed by atoms with Crippen LogP contribution in [0.5, 0.6) is 0 Å². The van der Waals surface area contributed by atoms with Gasteiger partial charge in [-0.3, -0.25) is 13.8 Å². The van der Waals surface area contributed by atoms with E-state index in [-0.39, 0.29) is 15.7 Å². The van der Waals surface area contributed by atoms with Crippen LogP contribution in [0.1, 0.15) is 30.9 Å². The maximum absolute atomic E-state index is 13.6. The molecule has 0 aliphatic rings. The van der Waals surface area contributed by atoms with Crippen LogP contribution >= 0.6 is 15.9 Å². The zero-order chi connectivity index (χ0) is 29.8. The van der Waals surface area contributed by atoms with Crippen molar-refractivity contribution < 1.29 is 21.6 Å². The Bertz CT molecular complexity index is 1720. The highest BCUT2D eigenvalue weighted by Gasteiger charge is 2.27. The van der Waals surface area contributed by atoms with Crippen LogP contribution in [0.15, 0.2) is 111 Å². The highest BCUT2D eigenvalue weighted by Crippen LogP contribution is 2.27. The average Bonchev–Trinajstić information content (AvgIpc) is 2.93. The number of benzene rings is 4. The maximum Gasteiger partial charge on any atom is 0.264 e. The predicted molar refractivity (Wildman–Crippen MR) is 166 cm³/mol. The Hall–Kier alpha value is -3.67. The summed E-state index contributed by atoms with van der Waals surface area (Å²) < 4.78 is 57.2. The number of hydrogen-bond acceptors (Lipinski definition) is 5. The van der Waals surface area contributed by atoms with Crippen molar-refractivity contribution in [3.05, 3.63) is 113 Å². The summed E-state index contributed by atoms with van der Waals surface area (Å²) >= 11 is 3.31. The molecule has 0 saturated heterocycles. The average molecular weight is 657 g/mol. The summed E-state index contributed by atoms with van der Waals surface area (Å²) in [6.45, 7) is 5.45. The van der Waals surface area contributed by atoms with E-state index in [1.807, 2.05) is 32.9 Å². The molecule has 8 nitrogen and oxygen atoms in total. The molecule has 41 heavy (non-hydrogen) atoms. The minimum Gasteiger partial charge on any atom is -0.325 e. The lowest BCUT2D eigenvalue weighted by Gasteiger charge is -2.24. The largest absolute Gasteiger partial charge is 0.325 e. The lowest BCUT2D eigenvalue weighted by molar-refractivity contribution is -0.114. The quantitative estimate of drug-likeness (QED) is 0.202. The van der Waals surface area contributed by atoms with Crippen molar-refractivity contribution in [2.24, 2.45) is 0 Å². The zero-order valence-electron chi connectivity index (χ0n) is 22.7.